The highest BCUT2D eigenvalue weighted by Gasteiger charge is 2.44. The van der Waals surface area contributed by atoms with Crippen molar-refractivity contribution in [2.45, 2.75) is 66.0 Å². The van der Waals surface area contributed by atoms with Gasteiger partial charge in [0.25, 0.3) is 40.7 Å². The Morgan fingerprint density at radius 1 is 0.793 bits per heavy atom. The lowest BCUT2D eigenvalue weighted by Crippen LogP contribution is -2.44. The summed E-state index contributed by atoms with van der Waals surface area (Å²) in [4.78, 5) is 88.8. The molecule has 1 fully saturated rings. The number of nitrogens with zero attached hydrogens (tertiary/aromatic N) is 6. The number of hydrogen-bond acceptors (Lipinski definition) is 14. The van der Waals surface area contributed by atoms with Crippen LogP contribution in [0.15, 0.2) is 94.8 Å². The van der Waals surface area contributed by atoms with Gasteiger partial charge in [0.2, 0.25) is 0 Å². The van der Waals surface area contributed by atoms with E-state index >= 15 is 8.78 Å². The fourth-order valence-corrected chi connectivity index (χ4v) is 9.94. The van der Waals surface area contributed by atoms with Crippen LogP contribution in [0.1, 0.15) is 91.9 Å². The summed E-state index contributed by atoms with van der Waals surface area (Å²) < 4.78 is 99.0. The molecule has 3 amide bonds. The lowest BCUT2D eigenvalue weighted by molar-refractivity contribution is -0.0359. The van der Waals surface area contributed by atoms with Gasteiger partial charge in [-0.2, -0.15) is 0 Å². The summed E-state index contributed by atoms with van der Waals surface area (Å²) in [7, 11) is 0. The van der Waals surface area contributed by atoms with E-state index in [1.54, 1.807) is 12.1 Å². The van der Waals surface area contributed by atoms with Crippen LogP contribution in [0.3, 0.4) is 0 Å². The molecule has 0 radical (unpaired) electrons. The summed E-state index contributed by atoms with van der Waals surface area (Å²) in [5.41, 5.74) is -2.75. The Morgan fingerprint density at radius 3 is 1.93 bits per heavy atom. The second kappa shape index (κ2) is 25.2. The molecule has 3 aliphatic rings. The van der Waals surface area contributed by atoms with Gasteiger partial charge in [0, 0.05) is 50.4 Å². The van der Waals surface area contributed by atoms with Crippen LogP contribution >= 0.6 is 11.6 Å². The molecule has 3 aliphatic heterocycles. The van der Waals surface area contributed by atoms with Crippen molar-refractivity contribution in [1.82, 2.24) is 34.2 Å². The average molecular weight is 1160 g/mol. The molecular weight excluding hydrogens is 1110 g/mol. The third-order valence-corrected chi connectivity index (χ3v) is 13.9. The maximum absolute atomic E-state index is 15.7. The number of aromatic nitrogens is 4. The van der Waals surface area contributed by atoms with Crippen LogP contribution in [0.2, 0.25) is 5.02 Å². The van der Waals surface area contributed by atoms with Gasteiger partial charge in [-0.05, 0) is 73.0 Å². The SMILES string of the molecule is C.C.CCOC(=O)c1c(O)c2ncc(Cc3ccc(F)cc3)c(Cl)c2n(CC(F)(F)CN2C(=O)c3ccccc3C2=O)c1=O.O=C(NCCCN1CCOCC1)c1c(O)c2ncc(Cc3ccc(F)cc3)c3c2n(c1=O)CC(F)(F)CN3. The van der Waals surface area contributed by atoms with Crippen molar-refractivity contribution in [2.24, 2.45) is 0 Å². The lowest BCUT2D eigenvalue weighted by atomic mass is 10.0. The smallest absolute Gasteiger partial charge is 0.347 e. The van der Waals surface area contributed by atoms with Gasteiger partial charge in [0.1, 0.15) is 28.2 Å². The Morgan fingerprint density at radius 2 is 1.34 bits per heavy atom. The van der Waals surface area contributed by atoms with Crippen LogP contribution in [0.4, 0.5) is 32.0 Å². The Bertz CT molecular complexity index is 3670. The molecule has 7 aromatic rings. The van der Waals surface area contributed by atoms with E-state index in [0.717, 1.165) is 24.2 Å². The van der Waals surface area contributed by atoms with E-state index < -0.39 is 118 Å². The molecule has 0 bridgehead atoms. The number of benzene rings is 3. The fourth-order valence-electron chi connectivity index (χ4n) is 9.63. The van der Waals surface area contributed by atoms with Gasteiger partial charge in [-0.3, -0.25) is 52.9 Å². The molecule has 0 saturated carbocycles. The quantitative estimate of drug-likeness (QED) is 0.0329. The summed E-state index contributed by atoms with van der Waals surface area (Å²) in [6.07, 6.45) is 3.51. The predicted octanol–water partition coefficient (Wildman–Crippen LogP) is 8.21. The van der Waals surface area contributed by atoms with Gasteiger partial charge < -0.3 is 30.3 Å². The van der Waals surface area contributed by atoms with E-state index in [2.05, 4.69) is 25.5 Å². The molecule has 25 heteroatoms. The van der Waals surface area contributed by atoms with E-state index in [1.807, 2.05) is 0 Å². The standard InChI is InChI=1S/C29H21ClF3N3O6.C26H28F3N5O4.2CH4/c1-2-42-28(41)20-24(37)22-23(21(30)16(12-34-22)11-15-7-9-17(31)10-8-15)35(27(20)40)13-29(32,33)14-36-25(38)18-5-3-4-6-19(18)26(36)39;27-18-4-2-16(3-5-18)12-17-13-31-21-22-20(17)32-14-26(28,29)15-34(22)25(37)19(23(21)35)24(36)30-6-1-7-33-8-10-38-11-9-33;;/h3-10,12,37H,2,11,13-14H2,1H3;2-5,13,32,35H,1,6-12,14-15H2,(H,30,36);2*1H4. The van der Waals surface area contributed by atoms with Crippen molar-refractivity contribution in [1.29, 1.82) is 0 Å². The highest BCUT2D eigenvalue weighted by Crippen LogP contribution is 2.38. The number of rotatable bonds is 15. The number of pyridine rings is 4. The third-order valence-electron chi connectivity index (χ3n) is 13.5. The molecule has 4 N–H and O–H groups in total. The van der Waals surface area contributed by atoms with E-state index in [-0.39, 0.29) is 79.3 Å². The number of alkyl halides is 4. The lowest BCUT2D eigenvalue weighted by Gasteiger charge is -2.26. The van der Waals surface area contributed by atoms with Gasteiger partial charge in [0.05, 0.1) is 78.9 Å². The van der Waals surface area contributed by atoms with Crippen molar-refractivity contribution < 1.29 is 65.2 Å². The van der Waals surface area contributed by atoms with E-state index in [1.165, 1.54) is 80.0 Å². The van der Waals surface area contributed by atoms with Crippen molar-refractivity contribution in [3.63, 3.8) is 0 Å². The predicted molar refractivity (Wildman–Crippen MR) is 293 cm³/mol. The molecule has 3 aromatic carbocycles. The molecule has 0 spiro atoms. The highest BCUT2D eigenvalue weighted by atomic mass is 35.5. The van der Waals surface area contributed by atoms with Crippen LogP contribution in [-0.4, -0.2) is 134 Å². The number of ether oxygens (including phenoxy) is 2. The second-order valence-electron chi connectivity index (χ2n) is 19.1. The normalized spacial score (nSPS) is 14.7. The van der Waals surface area contributed by atoms with Crippen LogP contribution in [0, 0.1) is 11.6 Å². The van der Waals surface area contributed by atoms with Gasteiger partial charge >= 0.3 is 5.97 Å². The van der Waals surface area contributed by atoms with Crippen LogP contribution in [0.25, 0.3) is 22.1 Å². The summed E-state index contributed by atoms with van der Waals surface area (Å²) in [5, 5.41) is 26.9. The zero-order valence-corrected chi connectivity index (χ0v) is 43.2. The number of imide groups is 1. The summed E-state index contributed by atoms with van der Waals surface area (Å²) in [5.74, 6) is -13.7. The minimum Gasteiger partial charge on any atom is -0.505 e. The van der Waals surface area contributed by atoms with E-state index in [4.69, 9.17) is 21.1 Å². The van der Waals surface area contributed by atoms with Crippen LogP contribution in [0.5, 0.6) is 11.5 Å². The Labute approximate surface area is 469 Å². The molecule has 82 heavy (non-hydrogen) atoms. The average Bonchev–Trinajstić information content (AvgIpc) is 3.78. The topological polar surface area (TPSA) is 228 Å². The highest BCUT2D eigenvalue weighted by molar-refractivity contribution is 6.36. The third kappa shape index (κ3) is 12.7. The monoisotopic (exact) mass is 1160 g/mol. The Balaban J connectivity index is 0.000000231. The number of amides is 3. The number of carbonyl (C=O) groups excluding carboxylic acids is 4. The molecular formula is C57H57ClF6N8O10. The first-order chi connectivity index (χ1) is 38.2. The molecule has 434 valence electrons. The Hall–Kier alpha value is -8.35. The number of morpholine rings is 1. The maximum Gasteiger partial charge on any atom is 0.347 e. The second-order valence-corrected chi connectivity index (χ2v) is 19.5. The van der Waals surface area contributed by atoms with E-state index in [0.29, 0.717) is 45.8 Å². The summed E-state index contributed by atoms with van der Waals surface area (Å²) in [6, 6.07) is 16.7. The molecule has 1 saturated heterocycles. The first-order valence-electron chi connectivity index (χ1n) is 25.1. The molecule has 7 heterocycles. The summed E-state index contributed by atoms with van der Waals surface area (Å²) >= 11 is 6.61. The number of nitrogens with one attached hydrogen (secondary N) is 2. The fraction of sp³-hybridized carbons (Fsp3) is 0.333. The largest absolute Gasteiger partial charge is 0.505 e. The van der Waals surface area contributed by atoms with Crippen LogP contribution < -0.4 is 21.8 Å². The molecule has 0 aliphatic carbocycles. The van der Waals surface area contributed by atoms with Crippen LogP contribution in [-0.2, 0) is 35.4 Å². The number of carbonyl (C=O) groups is 4. The van der Waals surface area contributed by atoms with Gasteiger partial charge in [-0.1, -0.05) is 62.9 Å². The number of aromatic hydroxyl groups is 2. The number of hydrogen-bond donors (Lipinski definition) is 4. The molecule has 0 atom stereocenters. The van der Waals surface area contributed by atoms with Crippen molar-refractivity contribution in [3.05, 3.63) is 167 Å². The van der Waals surface area contributed by atoms with Crippen molar-refractivity contribution in [2.75, 3.05) is 64.4 Å². The van der Waals surface area contributed by atoms with Gasteiger partial charge in [0.15, 0.2) is 17.1 Å². The van der Waals surface area contributed by atoms with Gasteiger partial charge in [-0.15, -0.1) is 0 Å². The minimum absolute atomic E-state index is 0. The number of esters is 1. The number of anilines is 1. The first-order valence-corrected chi connectivity index (χ1v) is 25.4. The maximum atomic E-state index is 15.7. The first kappa shape index (κ1) is 61.3. The zero-order valence-electron chi connectivity index (χ0n) is 42.5. The van der Waals surface area contributed by atoms with Crippen molar-refractivity contribution >= 4 is 63.0 Å². The molecule has 18 nitrogen and oxygen atoms in total. The minimum atomic E-state index is -3.91. The van der Waals surface area contributed by atoms with Gasteiger partial charge in [-0.25, -0.2) is 31.1 Å². The molecule has 0 unspecified atom stereocenters. The zero-order chi connectivity index (χ0) is 57.2. The molecule has 4 aromatic heterocycles. The molecule has 10 rings (SSSR count). The number of halogens is 7. The summed E-state index contributed by atoms with van der Waals surface area (Å²) in [6.45, 7) is 0.540. The van der Waals surface area contributed by atoms with E-state index in [9.17, 15) is 56.5 Å². The number of fused-ring (bicyclic) bond motifs is 2. The van der Waals surface area contributed by atoms with Crippen molar-refractivity contribution in [3.8, 4) is 11.5 Å². The Kier molecular flexibility index (Phi) is 18.8.